The van der Waals surface area contributed by atoms with Crippen LogP contribution >= 0.6 is 24.0 Å². The SMILES string of the molecule is Nc1ncc2cc(-c3cccc(/C=C4\SC(=S)NC4=O)c3)ccc2n1. The molecule has 1 saturated heterocycles. The van der Waals surface area contributed by atoms with Crippen molar-refractivity contribution in [2.75, 3.05) is 5.73 Å². The highest BCUT2D eigenvalue weighted by molar-refractivity contribution is 8.26. The van der Waals surface area contributed by atoms with Crippen LogP contribution in [0.15, 0.2) is 53.6 Å². The summed E-state index contributed by atoms with van der Waals surface area (Å²) in [5.41, 5.74) is 9.45. The van der Waals surface area contributed by atoms with Crippen LogP contribution in [0.4, 0.5) is 5.95 Å². The second kappa shape index (κ2) is 6.27. The number of benzene rings is 2. The van der Waals surface area contributed by atoms with Crippen LogP contribution in [0.1, 0.15) is 5.56 Å². The van der Waals surface area contributed by atoms with Gasteiger partial charge in [-0.3, -0.25) is 4.79 Å². The van der Waals surface area contributed by atoms with Gasteiger partial charge in [-0.25, -0.2) is 9.97 Å². The zero-order valence-corrected chi connectivity index (χ0v) is 14.5. The van der Waals surface area contributed by atoms with E-state index in [1.54, 1.807) is 6.20 Å². The maximum absolute atomic E-state index is 11.8. The molecular weight excluding hydrogens is 352 g/mol. The summed E-state index contributed by atoms with van der Waals surface area (Å²) < 4.78 is 0.487. The van der Waals surface area contributed by atoms with Gasteiger partial charge in [0.05, 0.1) is 10.4 Å². The summed E-state index contributed by atoms with van der Waals surface area (Å²) in [6.07, 6.45) is 3.56. The molecule has 2 heterocycles. The van der Waals surface area contributed by atoms with Crippen molar-refractivity contribution >= 4 is 57.1 Å². The lowest BCUT2D eigenvalue weighted by atomic mass is 10.0. The second-order valence-corrected chi connectivity index (χ2v) is 7.20. The van der Waals surface area contributed by atoms with Gasteiger partial charge in [-0.1, -0.05) is 48.2 Å². The largest absolute Gasteiger partial charge is 0.368 e. The summed E-state index contributed by atoms with van der Waals surface area (Å²) in [6.45, 7) is 0. The molecule has 0 spiro atoms. The molecule has 1 fully saturated rings. The van der Waals surface area contributed by atoms with E-state index in [0.717, 1.165) is 27.6 Å². The Hall–Kier alpha value is -2.77. The third kappa shape index (κ3) is 3.24. The molecule has 2 aromatic carbocycles. The summed E-state index contributed by atoms with van der Waals surface area (Å²) in [4.78, 5) is 20.7. The molecule has 0 atom stereocenters. The van der Waals surface area contributed by atoms with Crippen molar-refractivity contribution in [1.82, 2.24) is 15.3 Å². The maximum Gasteiger partial charge on any atom is 0.263 e. The lowest BCUT2D eigenvalue weighted by molar-refractivity contribution is -0.115. The molecule has 1 amide bonds. The van der Waals surface area contributed by atoms with Gasteiger partial charge in [0.15, 0.2) is 0 Å². The Labute approximate surface area is 153 Å². The zero-order valence-electron chi connectivity index (χ0n) is 12.9. The van der Waals surface area contributed by atoms with E-state index in [2.05, 4.69) is 15.3 Å². The van der Waals surface area contributed by atoms with E-state index in [9.17, 15) is 4.79 Å². The highest BCUT2D eigenvalue weighted by Crippen LogP contribution is 2.28. The zero-order chi connectivity index (χ0) is 17.4. The van der Waals surface area contributed by atoms with Gasteiger partial charge in [0.1, 0.15) is 4.32 Å². The molecule has 25 heavy (non-hydrogen) atoms. The van der Waals surface area contributed by atoms with E-state index >= 15 is 0 Å². The predicted molar refractivity (Wildman–Crippen MR) is 106 cm³/mol. The van der Waals surface area contributed by atoms with E-state index in [1.165, 1.54) is 11.8 Å². The molecular formula is C18H12N4OS2. The smallest absolute Gasteiger partial charge is 0.263 e. The Morgan fingerprint density at radius 1 is 1.16 bits per heavy atom. The van der Waals surface area contributed by atoms with Crippen molar-refractivity contribution < 1.29 is 4.79 Å². The lowest BCUT2D eigenvalue weighted by Gasteiger charge is -2.05. The van der Waals surface area contributed by atoms with Gasteiger partial charge in [-0.05, 0) is 41.0 Å². The molecule has 0 saturated carbocycles. The summed E-state index contributed by atoms with van der Waals surface area (Å²) in [6, 6.07) is 13.9. The fraction of sp³-hybridized carbons (Fsp3) is 0. The van der Waals surface area contributed by atoms with E-state index in [-0.39, 0.29) is 11.9 Å². The Bertz CT molecular complexity index is 1060. The number of aromatic nitrogens is 2. The van der Waals surface area contributed by atoms with Gasteiger partial charge in [0.2, 0.25) is 5.95 Å². The number of amides is 1. The number of carbonyl (C=O) groups is 1. The Morgan fingerprint density at radius 2 is 2.00 bits per heavy atom. The van der Waals surface area contributed by atoms with Crippen LogP contribution in [0.3, 0.4) is 0 Å². The first-order valence-corrected chi connectivity index (χ1v) is 8.68. The van der Waals surface area contributed by atoms with E-state index in [4.69, 9.17) is 18.0 Å². The number of hydrogen-bond donors (Lipinski definition) is 2. The van der Waals surface area contributed by atoms with Gasteiger partial charge in [0, 0.05) is 11.6 Å². The third-order valence-electron chi connectivity index (χ3n) is 3.76. The van der Waals surface area contributed by atoms with Crippen LogP contribution in [0.25, 0.3) is 28.1 Å². The quantitative estimate of drug-likeness (QED) is 0.536. The average Bonchev–Trinajstić information content (AvgIpc) is 2.92. The molecule has 3 N–H and O–H groups in total. The first-order chi connectivity index (χ1) is 12.1. The van der Waals surface area contributed by atoms with Crippen LogP contribution in [-0.2, 0) is 4.79 Å². The van der Waals surface area contributed by atoms with Crippen molar-refractivity contribution in [3.8, 4) is 11.1 Å². The maximum atomic E-state index is 11.8. The molecule has 7 heteroatoms. The molecule has 3 aromatic rings. The summed E-state index contributed by atoms with van der Waals surface area (Å²) in [5.74, 6) is 0.111. The molecule has 1 aromatic heterocycles. The number of nitrogen functional groups attached to an aromatic ring is 1. The van der Waals surface area contributed by atoms with Crippen LogP contribution in [-0.4, -0.2) is 20.2 Å². The normalized spacial score (nSPS) is 15.8. The summed E-state index contributed by atoms with van der Waals surface area (Å²) in [5, 5.41) is 3.54. The molecule has 0 aliphatic carbocycles. The minimum atomic E-state index is -0.152. The number of thiocarbonyl (C=S) groups is 1. The molecule has 1 aliphatic heterocycles. The van der Waals surface area contributed by atoms with E-state index < -0.39 is 0 Å². The molecule has 0 bridgehead atoms. The van der Waals surface area contributed by atoms with Crippen LogP contribution in [0.5, 0.6) is 0 Å². The van der Waals surface area contributed by atoms with Crippen LogP contribution in [0, 0.1) is 0 Å². The molecule has 0 radical (unpaired) electrons. The molecule has 0 unspecified atom stereocenters. The third-order valence-corrected chi connectivity index (χ3v) is 4.92. The summed E-state index contributed by atoms with van der Waals surface area (Å²) >= 11 is 6.29. The Kier molecular flexibility index (Phi) is 3.95. The second-order valence-electron chi connectivity index (χ2n) is 5.48. The van der Waals surface area contributed by atoms with Crippen molar-refractivity contribution in [3.05, 3.63) is 59.1 Å². The molecule has 5 nitrogen and oxygen atoms in total. The monoisotopic (exact) mass is 364 g/mol. The highest BCUT2D eigenvalue weighted by Gasteiger charge is 2.21. The fourth-order valence-electron chi connectivity index (χ4n) is 2.61. The number of anilines is 1. The molecule has 1 aliphatic rings. The van der Waals surface area contributed by atoms with Gasteiger partial charge in [0.25, 0.3) is 5.91 Å². The number of nitrogens with zero attached hydrogens (tertiary/aromatic N) is 2. The number of nitrogens with two attached hydrogens (primary N) is 1. The van der Waals surface area contributed by atoms with Gasteiger partial charge in [-0.15, -0.1) is 0 Å². The number of nitrogens with one attached hydrogen (secondary N) is 1. The predicted octanol–water partition coefficient (Wildman–Crippen LogP) is 3.37. The van der Waals surface area contributed by atoms with Crippen molar-refractivity contribution in [2.24, 2.45) is 0 Å². The Balaban J connectivity index is 1.72. The van der Waals surface area contributed by atoms with E-state index in [1.807, 2.05) is 48.5 Å². The van der Waals surface area contributed by atoms with Crippen LogP contribution < -0.4 is 11.1 Å². The fourth-order valence-corrected chi connectivity index (χ4v) is 3.65. The van der Waals surface area contributed by atoms with Crippen molar-refractivity contribution in [1.29, 1.82) is 0 Å². The number of fused-ring (bicyclic) bond motifs is 1. The van der Waals surface area contributed by atoms with Crippen LogP contribution in [0.2, 0.25) is 0 Å². The molecule has 122 valence electrons. The number of thioether (sulfide) groups is 1. The summed E-state index contributed by atoms with van der Waals surface area (Å²) in [7, 11) is 0. The topological polar surface area (TPSA) is 80.9 Å². The average molecular weight is 364 g/mol. The van der Waals surface area contributed by atoms with E-state index in [0.29, 0.717) is 9.23 Å². The highest BCUT2D eigenvalue weighted by atomic mass is 32.2. The van der Waals surface area contributed by atoms with Gasteiger partial charge >= 0.3 is 0 Å². The number of hydrogen-bond acceptors (Lipinski definition) is 6. The minimum Gasteiger partial charge on any atom is -0.368 e. The number of carbonyl (C=O) groups excluding carboxylic acids is 1. The van der Waals surface area contributed by atoms with Gasteiger partial charge < -0.3 is 11.1 Å². The van der Waals surface area contributed by atoms with Crippen molar-refractivity contribution in [2.45, 2.75) is 0 Å². The van der Waals surface area contributed by atoms with Crippen molar-refractivity contribution in [3.63, 3.8) is 0 Å². The first-order valence-electron chi connectivity index (χ1n) is 7.46. The van der Waals surface area contributed by atoms with Gasteiger partial charge in [-0.2, -0.15) is 0 Å². The Morgan fingerprint density at radius 3 is 2.80 bits per heavy atom. The number of rotatable bonds is 2. The molecule has 4 rings (SSSR count). The standard InChI is InChI=1S/C18H12N4OS2/c19-17-20-9-13-8-12(4-5-14(13)21-17)11-3-1-2-10(6-11)7-15-16(23)22-18(24)25-15/h1-9H,(H2,19,20,21)(H,22,23,24)/b15-7-. The minimum absolute atomic E-state index is 0.152. The lowest BCUT2D eigenvalue weighted by Crippen LogP contribution is -2.17. The first kappa shape index (κ1) is 15.7.